The van der Waals surface area contributed by atoms with E-state index in [0.29, 0.717) is 5.69 Å². The molecule has 1 aromatic heterocycles. The zero-order valence-corrected chi connectivity index (χ0v) is 13.0. The van der Waals surface area contributed by atoms with E-state index in [-0.39, 0.29) is 16.6 Å². The van der Waals surface area contributed by atoms with Gasteiger partial charge in [-0.15, -0.1) is 0 Å². The van der Waals surface area contributed by atoms with Gasteiger partial charge in [-0.1, -0.05) is 6.07 Å². The number of nitrogens with one attached hydrogen (secondary N) is 2. The Morgan fingerprint density at radius 1 is 1.38 bits per heavy atom. The minimum atomic E-state index is -3.57. The van der Waals surface area contributed by atoms with E-state index in [9.17, 15) is 8.42 Å². The SMILES string of the molecule is CC(Nc1cccc(S(=O)(=O)N(C)C)c1N)c1cn[nH]c1. The Hall–Kier alpha value is -2.06. The predicted molar refractivity (Wildman–Crippen MR) is 82.4 cm³/mol. The molecule has 0 aliphatic carbocycles. The van der Waals surface area contributed by atoms with Gasteiger partial charge in [0.1, 0.15) is 4.90 Å². The van der Waals surface area contributed by atoms with E-state index in [4.69, 9.17) is 5.73 Å². The van der Waals surface area contributed by atoms with Crippen LogP contribution >= 0.6 is 0 Å². The molecular formula is C13H19N5O2S. The summed E-state index contributed by atoms with van der Waals surface area (Å²) in [6, 6.07) is 4.86. The molecule has 0 bridgehead atoms. The first-order chi connectivity index (χ1) is 9.84. The first-order valence-electron chi connectivity index (χ1n) is 6.40. The van der Waals surface area contributed by atoms with Gasteiger partial charge in [-0.3, -0.25) is 5.10 Å². The average Bonchev–Trinajstić information content (AvgIpc) is 2.94. The molecule has 0 amide bonds. The number of aromatic nitrogens is 2. The van der Waals surface area contributed by atoms with Crippen LogP contribution in [0, 0.1) is 0 Å². The molecule has 0 saturated carbocycles. The Morgan fingerprint density at radius 3 is 2.67 bits per heavy atom. The maximum absolute atomic E-state index is 12.2. The lowest BCUT2D eigenvalue weighted by molar-refractivity contribution is 0.521. The number of anilines is 2. The fraction of sp³-hybridized carbons (Fsp3) is 0.308. The standard InChI is InChI=1S/C13H19N5O2S/c1-9(10-7-15-16-8-10)17-11-5-4-6-12(13(11)14)21(19,20)18(2)3/h4-9,17H,14H2,1-3H3,(H,15,16). The highest BCUT2D eigenvalue weighted by Gasteiger charge is 2.22. The summed E-state index contributed by atoms with van der Waals surface area (Å²) in [7, 11) is -0.620. The molecule has 8 heteroatoms. The van der Waals surface area contributed by atoms with Gasteiger partial charge >= 0.3 is 0 Å². The molecule has 0 aliphatic rings. The van der Waals surface area contributed by atoms with E-state index in [2.05, 4.69) is 15.5 Å². The second kappa shape index (κ2) is 5.74. The van der Waals surface area contributed by atoms with Gasteiger partial charge in [0, 0.05) is 25.9 Å². The molecule has 2 aromatic rings. The van der Waals surface area contributed by atoms with Crippen LogP contribution in [-0.4, -0.2) is 37.0 Å². The topological polar surface area (TPSA) is 104 Å². The summed E-state index contributed by atoms with van der Waals surface area (Å²) < 4.78 is 25.6. The summed E-state index contributed by atoms with van der Waals surface area (Å²) in [4.78, 5) is 0.0943. The molecule has 0 radical (unpaired) electrons. The van der Waals surface area contributed by atoms with E-state index in [1.807, 2.05) is 6.92 Å². The summed E-state index contributed by atoms with van der Waals surface area (Å²) in [6.45, 7) is 1.94. The summed E-state index contributed by atoms with van der Waals surface area (Å²) in [6.07, 6.45) is 3.47. The lowest BCUT2D eigenvalue weighted by atomic mass is 10.1. The van der Waals surface area contributed by atoms with Crippen LogP contribution in [0.3, 0.4) is 0 Å². The van der Waals surface area contributed by atoms with Crippen molar-refractivity contribution in [2.75, 3.05) is 25.1 Å². The third-order valence-corrected chi connectivity index (χ3v) is 5.09. The Labute approximate surface area is 124 Å². The largest absolute Gasteiger partial charge is 0.396 e. The van der Waals surface area contributed by atoms with Crippen molar-refractivity contribution in [1.82, 2.24) is 14.5 Å². The van der Waals surface area contributed by atoms with Gasteiger partial charge in [0.25, 0.3) is 0 Å². The van der Waals surface area contributed by atoms with Crippen molar-refractivity contribution in [3.05, 3.63) is 36.2 Å². The van der Waals surface area contributed by atoms with Gasteiger partial charge in [0.05, 0.1) is 23.6 Å². The minimum Gasteiger partial charge on any atom is -0.396 e. The second-order valence-corrected chi connectivity index (χ2v) is 7.02. The van der Waals surface area contributed by atoms with E-state index >= 15 is 0 Å². The summed E-state index contributed by atoms with van der Waals surface area (Å²) in [5.74, 6) is 0. The van der Waals surface area contributed by atoms with Gasteiger partial charge in [-0.05, 0) is 19.1 Å². The van der Waals surface area contributed by atoms with E-state index in [1.54, 1.807) is 24.5 Å². The molecule has 1 unspecified atom stereocenters. The highest BCUT2D eigenvalue weighted by molar-refractivity contribution is 7.89. The molecule has 4 N–H and O–H groups in total. The van der Waals surface area contributed by atoms with Gasteiger partial charge in [0.15, 0.2) is 0 Å². The number of nitrogens with zero attached hydrogens (tertiary/aromatic N) is 2. The molecule has 0 aliphatic heterocycles. The fourth-order valence-electron chi connectivity index (χ4n) is 1.91. The summed E-state index contributed by atoms with van der Waals surface area (Å²) in [5, 5.41) is 9.82. The van der Waals surface area contributed by atoms with E-state index < -0.39 is 10.0 Å². The molecule has 1 atom stereocenters. The van der Waals surface area contributed by atoms with Gasteiger partial charge in [-0.25, -0.2) is 12.7 Å². The van der Waals surface area contributed by atoms with Crippen molar-refractivity contribution in [2.24, 2.45) is 0 Å². The van der Waals surface area contributed by atoms with E-state index in [1.165, 1.54) is 20.2 Å². The van der Waals surface area contributed by atoms with Crippen molar-refractivity contribution in [1.29, 1.82) is 0 Å². The number of H-pyrrole nitrogens is 1. The van der Waals surface area contributed by atoms with Crippen molar-refractivity contribution in [3.63, 3.8) is 0 Å². The van der Waals surface area contributed by atoms with Crippen LogP contribution < -0.4 is 11.1 Å². The first-order valence-corrected chi connectivity index (χ1v) is 7.84. The number of rotatable bonds is 5. The van der Waals surface area contributed by atoms with Crippen molar-refractivity contribution >= 4 is 21.4 Å². The maximum atomic E-state index is 12.2. The molecule has 0 saturated heterocycles. The number of benzene rings is 1. The third-order valence-electron chi connectivity index (χ3n) is 3.22. The summed E-state index contributed by atoms with van der Waals surface area (Å²) in [5.41, 5.74) is 7.76. The Kier molecular flexibility index (Phi) is 4.19. The van der Waals surface area contributed by atoms with Crippen LogP contribution in [0.4, 0.5) is 11.4 Å². The Balaban J connectivity index is 2.35. The molecule has 7 nitrogen and oxygen atoms in total. The highest BCUT2D eigenvalue weighted by atomic mass is 32.2. The molecule has 21 heavy (non-hydrogen) atoms. The predicted octanol–water partition coefficient (Wildman–Crippen LogP) is 1.42. The zero-order valence-electron chi connectivity index (χ0n) is 12.2. The van der Waals surface area contributed by atoms with E-state index in [0.717, 1.165) is 9.87 Å². The van der Waals surface area contributed by atoms with Gasteiger partial charge in [0.2, 0.25) is 10.0 Å². The number of nitrogens with two attached hydrogens (primary N) is 1. The first kappa shape index (κ1) is 15.3. The number of hydrogen-bond acceptors (Lipinski definition) is 5. The quantitative estimate of drug-likeness (QED) is 0.725. The molecule has 0 fully saturated rings. The molecule has 1 aromatic carbocycles. The van der Waals surface area contributed by atoms with Crippen LogP contribution in [0.5, 0.6) is 0 Å². The number of para-hydroxylation sites is 1. The number of sulfonamides is 1. The number of hydrogen-bond donors (Lipinski definition) is 3. The zero-order chi connectivity index (χ0) is 15.6. The number of aromatic amines is 1. The Morgan fingerprint density at radius 2 is 2.10 bits per heavy atom. The monoisotopic (exact) mass is 309 g/mol. The third kappa shape index (κ3) is 3.01. The average molecular weight is 309 g/mol. The molecular weight excluding hydrogens is 290 g/mol. The highest BCUT2D eigenvalue weighted by Crippen LogP contribution is 2.30. The molecule has 114 valence electrons. The fourth-order valence-corrected chi connectivity index (χ4v) is 2.94. The van der Waals surface area contributed by atoms with Crippen molar-refractivity contribution < 1.29 is 8.42 Å². The van der Waals surface area contributed by atoms with Crippen molar-refractivity contribution in [3.8, 4) is 0 Å². The summed E-state index contributed by atoms with van der Waals surface area (Å²) >= 11 is 0. The van der Waals surface area contributed by atoms with Crippen LogP contribution in [0.2, 0.25) is 0 Å². The lowest BCUT2D eigenvalue weighted by Crippen LogP contribution is -2.23. The smallest absolute Gasteiger partial charge is 0.244 e. The van der Waals surface area contributed by atoms with Gasteiger partial charge < -0.3 is 11.1 Å². The lowest BCUT2D eigenvalue weighted by Gasteiger charge is -2.19. The van der Waals surface area contributed by atoms with Crippen LogP contribution in [-0.2, 0) is 10.0 Å². The van der Waals surface area contributed by atoms with Crippen LogP contribution in [0.25, 0.3) is 0 Å². The van der Waals surface area contributed by atoms with Crippen molar-refractivity contribution in [2.45, 2.75) is 17.9 Å². The molecule has 2 rings (SSSR count). The maximum Gasteiger partial charge on any atom is 0.244 e. The second-order valence-electron chi connectivity index (χ2n) is 4.90. The van der Waals surface area contributed by atoms with Crippen LogP contribution in [0.15, 0.2) is 35.5 Å². The normalized spacial score (nSPS) is 13.3. The van der Waals surface area contributed by atoms with Crippen LogP contribution in [0.1, 0.15) is 18.5 Å². The molecule has 0 spiro atoms. The Bertz CT molecular complexity index is 710. The molecule has 1 heterocycles. The minimum absolute atomic E-state index is 0.0524. The number of nitrogen functional groups attached to an aromatic ring is 1. The van der Waals surface area contributed by atoms with Gasteiger partial charge in [-0.2, -0.15) is 5.10 Å².